The second-order valence-electron chi connectivity index (χ2n) is 3.92. The third kappa shape index (κ3) is 1.75. The number of hydrogen-bond donors (Lipinski definition) is 1. The standard InChI is InChI=1S/C12H16N2O/c1-9-11-5-3-2-4-10(11)6-7-14(9)12(15)8-13/h2-5,9H,6-8,13H2,1H3. The van der Waals surface area contributed by atoms with E-state index in [1.54, 1.807) is 0 Å². The second kappa shape index (κ2) is 4.03. The first-order chi connectivity index (χ1) is 7.24. The number of hydrogen-bond acceptors (Lipinski definition) is 2. The van der Waals surface area contributed by atoms with E-state index in [1.807, 2.05) is 17.0 Å². The SMILES string of the molecule is CC1c2ccccc2CCN1C(=O)CN. The van der Waals surface area contributed by atoms with Gasteiger partial charge in [-0.25, -0.2) is 0 Å². The minimum Gasteiger partial charge on any atom is -0.334 e. The van der Waals surface area contributed by atoms with E-state index < -0.39 is 0 Å². The highest BCUT2D eigenvalue weighted by Gasteiger charge is 2.25. The van der Waals surface area contributed by atoms with E-state index in [0.717, 1.165) is 13.0 Å². The topological polar surface area (TPSA) is 46.3 Å². The van der Waals surface area contributed by atoms with Crippen molar-refractivity contribution < 1.29 is 4.79 Å². The summed E-state index contributed by atoms with van der Waals surface area (Å²) in [5.41, 5.74) is 8.00. The lowest BCUT2D eigenvalue weighted by molar-refractivity contribution is -0.132. The summed E-state index contributed by atoms with van der Waals surface area (Å²) in [7, 11) is 0. The van der Waals surface area contributed by atoms with Crippen LogP contribution in [0.25, 0.3) is 0 Å². The summed E-state index contributed by atoms with van der Waals surface area (Å²) in [5.74, 6) is 0.0389. The molecular formula is C12H16N2O. The van der Waals surface area contributed by atoms with Gasteiger partial charge in [-0.3, -0.25) is 4.79 Å². The molecule has 1 unspecified atom stereocenters. The fourth-order valence-corrected chi connectivity index (χ4v) is 2.23. The van der Waals surface area contributed by atoms with Crippen molar-refractivity contribution in [1.82, 2.24) is 4.90 Å². The maximum Gasteiger partial charge on any atom is 0.236 e. The van der Waals surface area contributed by atoms with Crippen molar-refractivity contribution in [3.8, 4) is 0 Å². The number of amides is 1. The van der Waals surface area contributed by atoms with E-state index in [0.29, 0.717) is 0 Å². The number of nitrogens with zero attached hydrogens (tertiary/aromatic N) is 1. The lowest BCUT2D eigenvalue weighted by Crippen LogP contribution is -2.41. The van der Waals surface area contributed by atoms with Crippen molar-refractivity contribution in [1.29, 1.82) is 0 Å². The number of rotatable bonds is 1. The molecule has 0 fully saturated rings. The quantitative estimate of drug-likeness (QED) is 0.744. The van der Waals surface area contributed by atoms with Gasteiger partial charge < -0.3 is 10.6 Å². The van der Waals surface area contributed by atoms with Crippen LogP contribution in [0, 0.1) is 0 Å². The van der Waals surface area contributed by atoms with E-state index in [1.165, 1.54) is 11.1 Å². The maximum absolute atomic E-state index is 11.6. The van der Waals surface area contributed by atoms with Crippen LogP contribution in [-0.4, -0.2) is 23.9 Å². The summed E-state index contributed by atoms with van der Waals surface area (Å²) in [6.07, 6.45) is 0.937. The Morgan fingerprint density at radius 2 is 2.27 bits per heavy atom. The highest BCUT2D eigenvalue weighted by atomic mass is 16.2. The molecule has 0 aliphatic carbocycles. The maximum atomic E-state index is 11.6. The predicted molar refractivity (Wildman–Crippen MR) is 59.3 cm³/mol. The molecule has 0 spiro atoms. The van der Waals surface area contributed by atoms with Gasteiger partial charge in [-0.05, 0) is 24.5 Å². The molecule has 2 rings (SSSR count). The Labute approximate surface area is 89.9 Å². The molecule has 3 nitrogen and oxygen atoms in total. The highest BCUT2D eigenvalue weighted by molar-refractivity contribution is 5.78. The van der Waals surface area contributed by atoms with Gasteiger partial charge in [-0.1, -0.05) is 24.3 Å². The Bertz CT molecular complexity index is 376. The van der Waals surface area contributed by atoms with E-state index in [-0.39, 0.29) is 18.5 Å². The molecular weight excluding hydrogens is 188 g/mol. The average molecular weight is 204 g/mol. The summed E-state index contributed by atoms with van der Waals surface area (Å²) in [6, 6.07) is 8.45. The predicted octanol–water partition coefficient (Wildman–Crippen LogP) is 1.09. The summed E-state index contributed by atoms with van der Waals surface area (Å²) in [6.45, 7) is 2.95. The molecule has 1 heterocycles. The number of fused-ring (bicyclic) bond motifs is 1. The Kier molecular flexibility index (Phi) is 2.73. The molecule has 1 aromatic carbocycles. The van der Waals surface area contributed by atoms with Gasteiger partial charge in [0.25, 0.3) is 0 Å². The van der Waals surface area contributed by atoms with Crippen LogP contribution in [-0.2, 0) is 11.2 Å². The summed E-state index contributed by atoms with van der Waals surface area (Å²) in [5, 5.41) is 0. The van der Waals surface area contributed by atoms with Crippen molar-refractivity contribution in [3.63, 3.8) is 0 Å². The van der Waals surface area contributed by atoms with Crippen molar-refractivity contribution in [2.45, 2.75) is 19.4 Å². The average Bonchev–Trinajstić information content (AvgIpc) is 2.29. The van der Waals surface area contributed by atoms with Crippen molar-refractivity contribution in [3.05, 3.63) is 35.4 Å². The Morgan fingerprint density at radius 1 is 1.53 bits per heavy atom. The molecule has 0 saturated heterocycles. The van der Waals surface area contributed by atoms with Gasteiger partial charge in [-0.2, -0.15) is 0 Å². The van der Waals surface area contributed by atoms with Crippen LogP contribution >= 0.6 is 0 Å². The van der Waals surface area contributed by atoms with E-state index in [4.69, 9.17) is 5.73 Å². The first-order valence-corrected chi connectivity index (χ1v) is 5.31. The van der Waals surface area contributed by atoms with Gasteiger partial charge in [0.2, 0.25) is 5.91 Å². The van der Waals surface area contributed by atoms with Crippen LogP contribution in [0.2, 0.25) is 0 Å². The molecule has 1 aliphatic rings. The zero-order valence-corrected chi connectivity index (χ0v) is 8.94. The summed E-state index contributed by atoms with van der Waals surface area (Å²) >= 11 is 0. The van der Waals surface area contributed by atoms with Crippen molar-refractivity contribution >= 4 is 5.91 Å². The molecule has 1 atom stereocenters. The highest BCUT2D eigenvalue weighted by Crippen LogP contribution is 2.28. The minimum absolute atomic E-state index is 0.0389. The van der Waals surface area contributed by atoms with E-state index in [2.05, 4.69) is 19.1 Å². The second-order valence-corrected chi connectivity index (χ2v) is 3.92. The van der Waals surface area contributed by atoms with Crippen LogP contribution < -0.4 is 5.73 Å². The van der Waals surface area contributed by atoms with Crippen LogP contribution in [0.15, 0.2) is 24.3 Å². The first kappa shape index (κ1) is 10.2. The summed E-state index contributed by atoms with van der Waals surface area (Å²) < 4.78 is 0. The zero-order valence-electron chi connectivity index (χ0n) is 8.94. The third-order valence-electron chi connectivity index (χ3n) is 3.09. The van der Waals surface area contributed by atoms with Crippen LogP contribution in [0.1, 0.15) is 24.1 Å². The molecule has 15 heavy (non-hydrogen) atoms. The first-order valence-electron chi connectivity index (χ1n) is 5.31. The normalized spacial score (nSPS) is 19.9. The monoisotopic (exact) mass is 204 g/mol. The van der Waals surface area contributed by atoms with Crippen LogP contribution in [0.3, 0.4) is 0 Å². The summed E-state index contributed by atoms with van der Waals surface area (Å²) in [4.78, 5) is 13.5. The van der Waals surface area contributed by atoms with Gasteiger partial charge in [-0.15, -0.1) is 0 Å². The molecule has 3 heteroatoms. The van der Waals surface area contributed by atoms with E-state index in [9.17, 15) is 4.79 Å². The fourth-order valence-electron chi connectivity index (χ4n) is 2.23. The third-order valence-corrected chi connectivity index (χ3v) is 3.09. The van der Waals surface area contributed by atoms with Crippen LogP contribution in [0.4, 0.5) is 0 Å². The molecule has 0 bridgehead atoms. The van der Waals surface area contributed by atoms with Gasteiger partial charge in [0, 0.05) is 6.54 Å². The van der Waals surface area contributed by atoms with Gasteiger partial charge in [0.15, 0.2) is 0 Å². The lowest BCUT2D eigenvalue weighted by Gasteiger charge is -2.35. The van der Waals surface area contributed by atoms with E-state index >= 15 is 0 Å². The fraction of sp³-hybridized carbons (Fsp3) is 0.417. The minimum atomic E-state index is 0.0389. The number of nitrogens with two attached hydrogens (primary N) is 1. The molecule has 0 radical (unpaired) electrons. The molecule has 0 saturated carbocycles. The molecule has 1 aromatic rings. The van der Waals surface area contributed by atoms with Crippen molar-refractivity contribution in [2.24, 2.45) is 5.73 Å². The molecule has 80 valence electrons. The molecule has 1 amide bonds. The smallest absolute Gasteiger partial charge is 0.236 e. The molecule has 2 N–H and O–H groups in total. The van der Waals surface area contributed by atoms with Gasteiger partial charge in [0.1, 0.15) is 0 Å². The largest absolute Gasteiger partial charge is 0.334 e. The zero-order chi connectivity index (χ0) is 10.8. The lowest BCUT2D eigenvalue weighted by atomic mass is 9.93. The Balaban J connectivity index is 2.29. The Hall–Kier alpha value is -1.35. The Morgan fingerprint density at radius 3 is 3.00 bits per heavy atom. The van der Waals surface area contributed by atoms with Gasteiger partial charge >= 0.3 is 0 Å². The van der Waals surface area contributed by atoms with Crippen molar-refractivity contribution in [2.75, 3.05) is 13.1 Å². The van der Waals surface area contributed by atoms with Gasteiger partial charge in [0.05, 0.1) is 12.6 Å². The number of benzene rings is 1. The number of carbonyl (C=O) groups excluding carboxylic acids is 1. The van der Waals surface area contributed by atoms with Crippen LogP contribution in [0.5, 0.6) is 0 Å². The number of carbonyl (C=O) groups is 1. The molecule has 1 aliphatic heterocycles. The molecule has 0 aromatic heterocycles.